The second kappa shape index (κ2) is 8.11. The SMILES string of the molecule is CC(C)CNCc1csc(CCN2CCCCC2C)n1. The van der Waals surface area contributed by atoms with E-state index in [-0.39, 0.29) is 0 Å². The summed E-state index contributed by atoms with van der Waals surface area (Å²) in [5, 5.41) is 6.97. The first-order valence-corrected chi connectivity index (χ1v) is 8.91. The van der Waals surface area contributed by atoms with E-state index in [1.807, 2.05) is 11.3 Å². The second-order valence-electron chi connectivity index (χ2n) is 6.39. The van der Waals surface area contributed by atoms with Gasteiger partial charge in [0.2, 0.25) is 0 Å². The maximum atomic E-state index is 4.75. The zero-order valence-corrected chi connectivity index (χ0v) is 14.0. The van der Waals surface area contributed by atoms with E-state index in [0.717, 1.165) is 25.6 Å². The Hall–Kier alpha value is -0.450. The Balaban J connectivity index is 1.72. The highest BCUT2D eigenvalue weighted by molar-refractivity contribution is 7.09. The minimum absolute atomic E-state index is 0.702. The van der Waals surface area contributed by atoms with Crippen molar-refractivity contribution >= 4 is 11.3 Å². The van der Waals surface area contributed by atoms with Crippen LogP contribution in [0.1, 0.15) is 50.7 Å². The Kier molecular flexibility index (Phi) is 6.46. The minimum atomic E-state index is 0.702. The number of nitrogens with zero attached hydrogens (tertiary/aromatic N) is 2. The summed E-state index contributed by atoms with van der Waals surface area (Å²) in [5.74, 6) is 0.702. The van der Waals surface area contributed by atoms with Crippen molar-refractivity contribution in [2.24, 2.45) is 5.92 Å². The van der Waals surface area contributed by atoms with E-state index in [1.165, 1.54) is 43.1 Å². The molecule has 1 atom stereocenters. The summed E-state index contributed by atoms with van der Waals surface area (Å²) in [6.45, 7) is 11.3. The summed E-state index contributed by atoms with van der Waals surface area (Å²) >= 11 is 1.82. The van der Waals surface area contributed by atoms with Crippen molar-refractivity contribution in [1.82, 2.24) is 15.2 Å². The van der Waals surface area contributed by atoms with Crippen LogP contribution in [0.15, 0.2) is 5.38 Å². The zero-order chi connectivity index (χ0) is 14.4. The van der Waals surface area contributed by atoms with E-state index in [0.29, 0.717) is 5.92 Å². The molecule has 1 aromatic rings. The minimum Gasteiger partial charge on any atom is -0.311 e. The van der Waals surface area contributed by atoms with E-state index in [4.69, 9.17) is 4.98 Å². The second-order valence-corrected chi connectivity index (χ2v) is 7.33. The van der Waals surface area contributed by atoms with Gasteiger partial charge < -0.3 is 10.2 Å². The number of rotatable bonds is 7. The van der Waals surface area contributed by atoms with Gasteiger partial charge in [0.15, 0.2) is 0 Å². The van der Waals surface area contributed by atoms with Crippen LogP contribution in [0.25, 0.3) is 0 Å². The average molecular weight is 295 g/mol. The number of thiazole rings is 1. The van der Waals surface area contributed by atoms with Crippen LogP contribution < -0.4 is 5.32 Å². The molecule has 0 amide bonds. The standard InChI is InChI=1S/C16H29N3S/c1-13(2)10-17-11-15-12-20-16(18-15)7-9-19-8-5-4-6-14(19)3/h12-14,17H,4-11H2,1-3H3. The third kappa shape index (κ3) is 5.15. The molecule has 0 spiro atoms. The van der Waals surface area contributed by atoms with Crippen LogP contribution >= 0.6 is 11.3 Å². The van der Waals surface area contributed by atoms with Gasteiger partial charge in [0.25, 0.3) is 0 Å². The molecule has 1 fully saturated rings. The Morgan fingerprint density at radius 3 is 3.05 bits per heavy atom. The quantitative estimate of drug-likeness (QED) is 0.836. The topological polar surface area (TPSA) is 28.2 Å². The van der Waals surface area contributed by atoms with E-state index in [1.54, 1.807) is 0 Å². The molecule has 0 bridgehead atoms. The molecule has 1 aromatic heterocycles. The van der Waals surface area contributed by atoms with Gasteiger partial charge in [0.1, 0.15) is 0 Å². The van der Waals surface area contributed by atoms with Gasteiger partial charge in [-0.25, -0.2) is 4.98 Å². The molecule has 0 radical (unpaired) electrons. The Labute approximate surface area is 127 Å². The van der Waals surface area contributed by atoms with Crippen molar-refractivity contribution in [3.8, 4) is 0 Å². The molecule has 1 N–H and O–H groups in total. The lowest BCUT2D eigenvalue weighted by Crippen LogP contribution is -2.38. The predicted octanol–water partition coefficient (Wildman–Crippen LogP) is 3.31. The molecule has 1 aliphatic rings. The van der Waals surface area contributed by atoms with Crippen molar-refractivity contribution in [3.63, 3.8) is 0 Å². The van der Waals surface area contributed by atoms with E-state index >= 15 is 0 Å². The molecule has 4 heteroatoms. The van der Waals surface area contributed by atoms with Crippen molar-refractivity contribution in [2.75, 3.05) is 19.6 Å². The van der Waals surface area contributed by atoms with Crippen LogP contribution in [0.5, 0.6) is 0 Å². The van der Waals surface area contributed by atoms with E-state index in [2.05, 4.69) is 36.4 Å². The van der Waals surface area contributed by atoms with Gasteiger partial charge in [-0.3, -0.25) is 0 Å². The van der Waals surface area contributed by atoms with Crippen LogP contribution in [-0.2, 0) is 13.0 Å². The number of hydrogen-bond donors (Lipinski definition) is 1. The fourth-order valence-corrected chi connectivity index (χ4v) is 3.55. The van der Waals surface area contributed by atoms with Gasteiger partial charge >= 0.3 is 0 Å². The summed E-state index contributed by atoms with van der Waals surface area (Å²) in [4.78, 5) is 7.37. The molecule has 0 saturated carbocycles. The zero-order valence-electron chi connectivity index (χ0n) is 13.2. The highest BCUT2D eigenvalue weighted by atomic mass is 32.1. The number of aromatic nitrogens is 1. The first-order chi connectivity index (χ1) is 9.65. The molecular weight excluding hydrogens is 266 g/mol. The molecule has 1 saturated heterocycles. The van der Waals surface area contributed by atoms with Gasteiger partial charge in [0.05, 0.1) is 10.7 Å². The van der Waals surface area contributed by atoms with Crippen LogP contribution in [-0.4, -0.2) is 35.6 Å². The molecule has 0 aliphatic carbocycles. The van der Waals surface area contributed by atoms with Crippen LogP contribution in [0.3, 0.4) is 0 Å². The molecule has 1 unspecified atom stereocenters. The van der Waals surface area contributed by atoms with Crippen molar-refractivity contribution in [1.29, 1.82) is 0 Å². The monoisotopic (exact) mass is 295 g/mol. The lowest BCUT2D eigenvalue weighted by Gasteiger charge is -2.32. The van der Waals surface area contributed by atoms with Crippen molar-refractivity contribution in [2.45, 2.75) is 59.0 Å². The third-order valence-corrected chi connectivity index (χ3v) is 4.97. The predicted molar refractivity (Wildman–Crippen MR) is 87.2 cm³/mol. The fraction of sp³-hybridized carbons (Fsp3) is 0.812. The van der Waals surface area contributed by atoms with E-state index < -0.39 is 0 Å². The average Bonchev–Trinajstić information content (AvgIpc) is 2.85. The highest BCUT2D eigenvalue weighted by Gasteiger charge is 2.17. The molecule has 1 aliphatic heterocycles. The van der Waals surface area contributed by atoms with Crippen LogP contribution in [0, 0.1) is 5.92 Å². The Morgan fingerprint density at radius 2 is 2.30 bits per heavy atom. The van der Waals surface area contributed by atoms with Crippen LogP contribution in [0.2, 0.25) is 0 Å². The normalized spacial score (nSPS) is 20.7. The summed E-state index contributed by atoms with van der Waals surface area (Å²) in [6.07, 6.45) is 5.24. The lowest BCUT2D eigenvalue weighted by molar-refractivity contribution is 0.163. The number of hydrogen-bond acceptors (Lipinski definition) is 4. The summed E-state index contributed by atoms with van der Waals surface area (Å²) < 4.78 is 0. The van der Waals surface area contributed by atoms with Gasteiger partial charge in [-0.15, -0.1) is 11.3 Å². The molecular formula is C16H29N3S. The van der Waals surface area contributed by atoms with Gasteiger partial charge in [-0.1, -0.05) is 20.3 Å². The summed E-state index contributed by atoms with van der Waals surface area (Å²) in [7, 11) is 0. The third-order valence-electron chi connectivity index (χ3n) is 4.01. The van der Waals surface area contributed by atoms with Gasteiger partial charge in [0, 0.05) is 30.9 Å². The number of nitrogens with one attached hydrogen (secondary N) is 1. The van der Waals surface area contributed by atoms with Crippen molar-refractivity contribution < 1.29 is 0 Å². The smallest absolute Gasteiger partial charge is 0.0941 e. The molecule has 3 nitrogen and oxygen atoms in total. The molecule has 114 valence electrons. The maximum Gasteiger partial charge on any atom is 0.0941 e. The lowest BCUT2D eigenvalue weighted by atomic mass is 10.0. The molecule has 2 rings (SSSR count). The maximum absolute atomic E-state index is 4.75. The van der Waals surface area contributed by atoms with E-state index in [9.17, 15) is 0 Å². The summed E-state index contributed by atoms with van der Waals surface area (Å²) in [5.41, 5.74) is 1.21. The number of piperidine rings is 1. The Bertz CT molecular complexity index is 389. The largest absolute Gasteiger partial charge is 0.311 e. The highest BCUT2D eigenvalue weighted by Crippen LogP contribution is 2.18. The number of likely N-dealkylation sites (tertiary alicyclic amines) is 1. The fourth-order valence-electron chi connectivity index (χ4n) is 2.76. The first-order valence-electron chi connectivity index (χ1n) is 8.03. The molecule has 0 aromatic carbocycles. The van der Waals surface area contributed by atoms with Crippen LogP contribution in [0.4, 0.5) is 0 Å². The van der Waals surface area contributed by atoms with Gasteiger partial charge in [-0.05, 0) is 38.8 Å². The summed E-state index contributed by atoms with van der Waals surface area (Å²) in [6, 6.07) is 0.760. The molecule has 2 heterocycles. The van der Waals surface area contributed by atoms with Gasteiger partial charge in [-0.2, -0.15) is 0 Å². The Morgan fingerprint density at radius 1 is 1.45 bits per heavy atom. The molecule has 20 heavy (non-hydrogen) atoms. The van der Waals surface area contributed by atoms with Crippen molar-refractivity contribution in [3.05, 3.63) is 16.1 Å². The first kappa shape index (κ1) is 15.9.